The molecule has 21 heavy (non-hydrogen) atoms. The highest BCUT2D eigenvalue weighted by Gasteiger charge is 2.57. The van der Waals surface area contributed by atoms with Crippen LogP contribution in [0.5, 0.6) is 0 Å². The fraction of sp³-hybridized carbons (Fsp3) is 0.944. The van der Waals surface area contributed by atoms with Crippen LogP contribution in [-0.4, -0.2) is 43.2 Å². The molecule has 3 saturated carbocycles. The van der Waals surface area contributed by atoms with Gasteiger partial charge in [0.25, 0.3) is 0 Å². The van der Waals surface area contributed by atoms with Gasteiger partial charge in [-0.2, -0.15) is 0 Å². The average molecular weight is 294 g/mol. The van der Waals surface area contributed by atoms with Crippen molar-refractivity contribution in [2.24, 2.45) is 23.2 Å². The molecule has 0 aromatic carbocycles. The second-order valence-corrected chi connectivity index (χ2v) is 8.77. The van der Waals surface area contributed by atoms with Gasteiger partial charge in [0.15, 0.2) is 6.54 Å². The lowest BCUT2D eigenvalue weighted by Gasteiger charge is -2.61. The van der Waals surface area contributed by atoms with E-state index in [4.69, 9.17) is 4.74 Å². The van der Waals surface area contributed by atoms with Crippen LogP contribution in [0.4, 0.5) is 0 Å². The maximum atomic E-state index is 12.4. The van der Waals surface area contributed by atoms with E-state index in [0.717, 1.165) is 35.8 Å². The Morgan fingerprint density at radius 2 is 1.86 bits per heavy atom. The van der Waals surface area contributed by atoms with Crippen LogP contribution in [0.2, 0.25) is 0 Å². The number of esters is 1. The lowest BCUT2D eigenvalue weighted by atomic mass is 9.45. The SMILES string of the molecule is CC1C(OC(=O)C[N+]2(C)CCCCC2)CC2CC1C2(C)C. The molecule has 2 bridgehead atoms. The van der Waals surface area contributed by atoms with E-state index in [0.29, 0.717) is 17.9 Å². The number of carbonyl (C=O) groups excluding carboxylic acids is 1. The normalized spacial score (nSPS) is 40.2. The van der Waals surface area contributed by atoms with Gasteiger partial charge in [-0.15, -0.1) is 0 Å². The highest BCUT2D eigenvalue weighted by atomic mass is 16.5. The molecule has 0 N–H and O–H groups in total. The minimum atomic E-state index is 0.0374. The van der Waals surface area contributed by atoms with Crippen LogP contribution in [0.15, 0.2) is 0 Å². The van der Waals surface area contributed by atoms with Crippen molar-refractivity contribution in [3.63, 3.8) is 0 Å². The number of quaternary nitrogens is 1. The lowest BCUT2D eigenvalue weighted by molar-refractivity contribution is -0.907. The first kappa shape index (κ1) is 15.3. The number of carbonyl (C=O) groups is 1. The third-order valence-corrected chi connectivity index (χ3v) is 6.97. The summed E-state index contributed by atoms with van der Waals surface area (Å²) in [5.41, 5.74) is 0.466. The van der Waals surface area contributed by atoms with E-state index >= 15 is 0 Å². The van der Waals surface area contributed by atoms with E-state index in [1.54, 1.807) is 0 Å². The molecule has 4 unspecified atom stereocenters. The fourth-order valence-corrected chi connectivity index (χ4v) is 5.21. The Hall–Kier alpha value is -0.570. The molecule has 0 aromatic heterocycles. The van der Waals surface area contributed by atoms with Crippen molar-refractivity contribution in [3.05, 3.63) is 0 Å². The van der Waals surface area contributed by atoms with E-state index in [1.165, 1.54) is 25.7 Å². The van der Waals surface area contributed by atoms with Gasteiger partial charge in [-0.25, -0.2) is 4.79 Å². The van der Waals surface area contributed by atoms with Gasteiger partial charge in [0, 0.05) is 0 Å². The Labute approximate surface area is 129 Å². The molecule has 0 amide bonds. The Morgan fingerprint density at radius 1 is 1.19 bits per heavy atom. The molecule has 4 rings (SSSR count). The first-order chi connectivity index (χ1) is 9.82. The third kappa shape index (κ3) is 2.74. The molecule has 0 spiro atoms. The highest BCUT2D eigenvalue weighted by Crippen LogP contribution is 2.61. The molecule has 3 nitrogen and oxygen atoms in total. The van der Waals surface area contributed by atoms with Gasteiger partial charge in [0.05, 0.1) is 20.1 Å². The maximum Gasteiger partial charge on any atom is 0.362 e. The number of likely N-dealkylation sites (tertiary alicyclic amines) is 1. The zero-order chi connectivity index (χ0) is 15.3. The molecule has 1 heterocycles. The van der Waals surface area contributed by atoms with E-state index in [1.807, 2.05) is 0 Å². The molecular formula is C18H32NO2+. The van der Waals surface area contributed by atoms with Crippen LogP contribution in [0.25, 0.3) is 0 Å². The smallest absolute Gasteiger partial charge is 0.362 e. The molecule has 1 aliphatic heterocycles. The summed E-state index contributed by atoms with van der Waals surface area (Å²) in [6.07, 6.45) is 6.42. The maximum absolute atomic E-state index is 12.4. The summed E-state index contributed by atoms with van der Waals surface area (Å²) in [6.45, 7) is 9.90. The van der Waals surface area contributed by atoms with E-state index in [-0.39, 0.29) is 12.1 Å². The number of fused-ring (bicyclic) bond motifs is 2. The zero-order valence-corrected chi connectivity index (χ0v) is 14.2. The number of rotatable bonds is 3. The minimum Gasteiger partial charge on any atom is -0.458 e. The second kappa shape index (κ2) is 5.26. The number of nitrogens with zero attached hydrogens (tertiary/aromatic N) is 1. The van der Waals surface area contributed by atoms with Gasteiger partial charge >= 0.3 is 5.97 Å². The number of hydrogen-bond acceptors (Lipinski definition) is 2. The minimum absolute atomic E-state index is 0.0374. The molecule has 4 fully saturated rings. The quantitative estimate of drug-likeness (QED) is 0.590. The summed E-state index contributed by atoms with van der Waals surface area (Å²) in [7, 11) is 2.21. The topological polar surface area (TPSA) is 26.3 Å². The number of piperidine rings is 1. The zero-order valence-electron chi connectivity index (χ0n) is 14.2. The van der Waals surface area contributed by atoms with Crippen molar-refractivity contribution >= 4 is 5.97 Å². The van der Waals surface area contributed by atoms with Crippen molar-refractivity contribution in [3.8, 4) is 0 Å². The summed E-state index contributed by atoms with van der Waals surface area (Å²) in [5, 5.41) is 0. The summed E-state index contributed by atoms with van der Waals surface area (Å²) >= 11 is 0. The Balaban J connectivity index is 1.54. The first-order valence-electron chi connectivity index (χ1n) is 8.85. The molecule has 3 heteroatoms. The van der Waals surface area contributed by atoms with Crippen LogP contribution < -0.4 is 0 Å². The molecule has 120 valence electrons. The summed E-state index contributed by atoms with van der Waals surface area (Å²) in [4.78, 5) is 12.4. The molecular weight excluding hydrogens is 262 g/mol. The number of ether oxygens (including phenoxy) is 1. The largest absolute Gasteiger partial charge is 0.458 e. The van der Waals surface area contributed by atoms with Gasteiger partial charge in [0.1, 0.15) is 6.10 Å². The molecule has 4 atom stereocenters. The van der Waals surface area contributed by atoms with Gasteiger partial charge in [-0.3, -0.25) is 0 Å². The van der Waals surface area contributed by atoms with Crippen LogP contribution in [0.3, 0.4) is 0 Å². The highest BCUT2D eigenvalue weighted by molar-refractivity contribution is 5.70. The summed E-state index contributed by atoms with van der Waals surface area (Å²) in [6, 6.07) is 0. The predicted molar refractivity (Wildman–Crippen MR) is 83.7 cm³/mol. The van der Waals surface area contributed by atoms with Gasteiger partial charge in [0.2, 0.25) is 0 Å². The van der Waals surface area contributed by atoms with E-state index in [2.05, 4.69) is 27.8 Å². The van der Waals surface area contributed by atoms with Crippen molar-refractivity contribution in [2.45, 2.75) is 59.0 Å². The van der Waals surface area contributed by atoms with Crippen LogP contribution in [-0.2, 0) is 9.53 Å². The molecule has 3 aliphatic carbocycles. The third-order valence-electron chi connectivity index (χ3n) is 6.97. The summed E-state index contributed by atoms with van der Waals surface area (Å²) < 4.78 is 6.80. The Bertz CT molecular complexity index is 411. The summed E-state index contributed by atoms with van der Waals surface area (Å²) in [5.74, 6) is 2.07. The second-order valence-electron chi connectivity index (χ2n) is 8.77. The van der Waals surface area contributed by atoms with E-state index in [9.17, 15) is 4.79 Å². The van der Waals surface area contributed by atoms with Crippen LogP contribution in [0, 0.1) is 23.2 Å². The predicted octanol–water partition coefficient (Wildman–Crippen LogP) is 3.23. The molecule has 0 aromatic rings. The van der Waals surface area contributed by atoms with E-state index < -0.39 is 0 Å². The number of hydrogen-bond donors (Lipinski definition) is 0. The van der Waals surface area contributed by atoms with Crippen molar-refractivity contribution in [1.29, 1.82) is 0 Å². The lowest BCUT2D eigenvalue weighted by Crippen LogP contribution is -2.58. The molecule has 4 aliphatic rings. The first-order valence-corrected chi connectivity index (χ1v) is 8.85. The van der Waals surface area contributed by atoms with Gasteiger partial charge in [-0.05, 0) is 55.3 Å². The average Bonchev–Trinajstić information content (AvgIpc) is 2.40. The van der Waals surface area contributed by atoms with Crippen molar-refractivity contribution < 1.29 is 14.0 Å². The van der Waals surface area contributed by atoms with Crippen molar-refractivity contribution in [1.82, 2.24) is 0 Å². The van der Waals surface area contributed by atoms with Crippen LogP contribution in [0.1, 0.15) is 52.9 Å². The Morgan fingerprint density at radius 3 is 2.43 bits per heavy atom. The molecule has 0 radical (unpaired) electrons. The van der Waals surface area contributed by atoms with Crippen LogP contribution >= 0.6 is 0 Å². The standard InChI is InChI=1S/C18H32NO2/c1-13-15-10-14(18(15,2)3)11-16(13)21-17(20)12-19(4)8-6-5-7-9-19/h13-16H,5-12H2,1-4H3/q+1. The van der Waals surface area contributed by atoms with Crippen molar-refractivity contribution in [2.75, 3.05) is 26.7 Å². The monoisotopic (exact) mass is 294 g/mol. The fourth-order valence-electron chi connectivity index (χ4n) is 5.21. The molecule has 1 saturated heterocycles. The Kier molecular flexibility index (Phi) is 3.84. The van der Waals surface area contributed by atoms with Gasteiger partial charge < -0.3 is 9.22 Å². The number of likely N-dealkylation sites (N-methyl/N-ethyl adjacent to an activating group) is 1. The van der Waals surface area contributed by atoms with Gasteiger partial charge in [-0.1, -0.05) is 20.8 Å².